The molecular formula is C60H86Cl4F3N19O7S32. The summed E-state index contributed by atoms with van der Waals surface area (Å²) < 4.78 is 58.8. The van der Waals surface area contributed by atoms with Crippen molar-refractivity contribution in [3.05, 3.63) is 27.0 Å². The van der Waals surface area contributed by atoms with Crippen molar-refractivity contribution in [2.24, 2.45) is 0 Å². The van der Waals surface area contributed by atoms with Crippen LogP contribution in [0.5, 0.6) is 0 Å². The molecule has 0 saturated carbocycles. The summed E-state index contributed by atoms with van der Waals surface area (Å²) in [6.07, 6.45) is 13.5. The minimum atomic E-state index is -5.08. The average Bonchev–Trinajstić information content (AvgIpc) is 1.70. The number of terminal acetylenes is 1. The molecule has 18 heterocycles. The number of carboxylic acids is 1. The van der Waals surface area contributed by atoms with Crippen molar-refractivity contribution < 1.29 is 46.8 Å². The van der Waals surface area contributed by atoms with E-state index >= 15 is 0 Å². The standard InChI is InChI=1S/C23H31N7O2.C21H30ClN7O2.C9H16N2O.C3Cl3N3.C2HF3O2.2CH4.S32/c1-2-21-24-22(27-7-15-3-4-16(8-27)29(15)19-11-31-12-19)26-23(25-21)28-9-17-5-6-18(10-28)30(17)20-13-32-14-20;22-19-23-20(26-5-13-1-2-14(6-26)28(13)17-9-30-10-17)25-21(24-19)27-7-15-3-4-16(8-27)29(15)18-11-31-12-18;1-2-8-4-10-3-7(1)11(8)9-5-12-6-9;4-1-7-2(5)9-3(6)8-1;3-2(4,5)1(6)7;;;1-3-5-7-9-11-13-15-17-19-21-23-25-27-29-31-32-30-28-26-24-22-20-18-16-14-12-10-8-6-4-2/h1,15-20H,3-14H2;13-18H,1-12H2;7-10H,1-6H2;;(H,6,7);2*1H4;. The average molecular weight is 2410 g/mol. The van der Waals surface area contributed by atoms with E-state index in [1.54, 1.807) is 107 Å². The lowest BCUT2D eigenvalue weighted by molar-refractivity contribution is -0.192. The summed E-state index contributed by atoms with van der Waals surface area (Å²) in [4.78, 5) is 70.5. The molecule has 704 valence electrons. The Morgan fingerprint density at radius 3 is 0.704 bits per heavy atom. The molecule has 0 aliphatic carbocycles. The van der Waals surface area contributed by atoms with E-state index in [2.05, 4.69) is 90.2 Å². The third-order valence-corrected chi connectivity index (χ3v) is 87.0. The zero-order valence-electron chi connectivity index (χ0n) is 63.6. The van der Waals surface area contributed by atoms with Gasteiger partial charge in [0.05, 0.1) is 96.3 Å². The predicted molar refractivity (Wildman–Crippen MR) is 578 cm³/mol. The molecule has 0 radical (unpaired) electrons. The largest absolute Gasteiger partial charge is 0.490 e. The van der Waals surface area contributed by atoms with Gasteiger partial charge in [-0.05, 0) is 117 Å². The summed E-state index contributed by atoms with van der Waals surface area (Å²) in [5, 5.41) is 10.9. The number of nitrogens with zero attached hydrogens (tertiary/aromatic N) is 18. The summed E-state index contributed by atoms with van der Waals surface area (Å²) in [5.74, 6) is 3.39. The van der Waals surface area contributed by atoms with Crippen LogP contribution in [0.3, 0.4) is 0 Å². The van der Waals surface area contributed by atoms with Gasteiger partial charge in [0.2, 0.25) is 50.8 Å². The molecule has 3 aromatic rings. The second-order valence-corrected chi connectivity index (χ2v) is 82.9. The number of fused-ring (bicyclic) bond motifs is 10. The first kappa shape index (κ1) is 108. The fourth-order valence-corrected chi connectivity index (χ4v) is 94.7. The number of aliphatic carboxylic acids is 1. The highest BCUT2D eigenvalue weighted by molar-refractivity contribution is 8.80. The number of hydrogen-bond donors (Lipinski definition) is 2. The van der Waals surface area contributed by atoms with Crippen LogP contribution >= 0.6 is 46.4 Å². The van der Waals surface area contributed by atoms with Crippen molar-refractivity contribution in [3.63, 3.8) is 0 Å². The molecule has 15 aliphatic rings. The number of carbonyl (C=O) groups is 1. The molecule has 10 atom stereocenters. The third kappa shape index (κ3) is 33.0. The maximum atomic E-state index is 10.6. The molecule has 26 nitrogen and oxygen atoms in total. The van der Waals surface area contributed by atoms with Gasteiger partial charge in [0.15, 0.2) is 0 Å². The van der Waals surface area contributed by atoms with Crippen molar-refractivity contribution in [1.82, 2.24) is 74.7 Å². The van der Waals surface area contributed by atoms with Crippen LogP contribution in [0.1, 0.15) is 84.9 Å². The highest BCUT2D eigenvalue weighted by Crippen LogP contribution is 2.41. The van der Waals surface area contributed by atoms with Crippen LogP contribution < -0.4 is 24.9 Å². The number of hydrogen-bond acceptors (Lipinski definition) is 27. The van der Waals surface area contributed by atoms with Crippen LogP contribution in [-0.2, 0) is 317 Å². The smallest absolute Gasteiger partial charge is 0.475 e. The van der Waals surface area contributed by atoms with Gasteiger partial charge in [-0.1, -0.05) is 14.9 Å². The molecule has 18 rings (SSSR count). The minimum Gasteiger partial charge on any atom is -0.475 e. The normalized spacial score (nSPS) is 25.6. The van der Waals surface area contributed by atoms with Gasteiger partial charge in [-0.3, -0.25) is 24.5 Å². The van der Waals surface area contributed by atoms with Gasteiger partial charge in [-0.2, -0.15) is 58.0 Å². The lowest BCUT2D eigenvalue weighted by atomic mass is 10.1. The number of nitrogens with one attached hydrogen (secondary N) is 1. The lowest BCUT2D eigenvalue weighted by Crippen LogP contribution is -2.62. The fraction of sp³-hybridized carbons (Fsp3) is 0.800. The Balaban J connectivity index is 0.000000156. The van der Waals surface area contributed by atoms with E-state index < -0.39 is 12.1 Å². The molecule has 0 amide bonds. The number of aromatic nitrogens is 9. The van der Waals surface area contributed by atoms with E-state index in [0.717, 1.165) is 160 Å². The summed E-state index contributed by atoms with van der Waals surface area (Å²) in [5.41, 5.74) is 0. The van der Waals surface area contributed by atoms with E-state index in [0.29, 0.717) is 83.6 Å². The highest BCUT2D eigenvalue weighted by Gasteiger charge is 2.51. The molecule has 65 heteroatoms. The Kier molecular flexibility index (Phi) is 49.8. The second kappa shape index (κ2) is 57.5. The number of rotatable bonds is 9. The van der Waals surface area contributed by atoms with Crippen LogP contribution in [0.2, 0.25) is 21.1 Å². The summed E-state index contributed by atoms with van der Waals surface area (Å²) >= 11 is 32.0. The SMILES string of the molecule is C.C.C#Cc1nc(N2CC3CCC(C2)N3C2COC2)nc(N2CC3CCC(C2)N3C2COC2)n1.C1CC2CNCC1N2C1COC1.Clc1nc(Cl)nc(Cl)n1.Clc1nc(N2CC3CCC(C2)N3C2COC2)nc(N2CC3CCC(C2)N3C2COC2)n1.O=C(O)C(F)(F)F.S=S=S=S=S=S=S=S=S=S=S=S=S=S=S=S=S=S=S=S=S=S=S=S=S=S=S=S=S=S=S=S. The van der Waals surface area contributed by atoms with Crippen molar-refractivity contribution in [2.75, 3.05) is 151 Å². The maximum Gasteiger partial charge on any atom is 0.490 e. The zero-order chi connectivity index (χ0) is 85.9. The van der Waals surface area contributed by atoms with Gasteiger partial charge in [-0.25, -0.2) is 4.79 Å². The van der Waals surface area contributed by atoms with E-state index in [9.17, 15) is 13.2 Å². The van der Waals surface area contributed by atoms with Crippen LogP contribution in [0.15, 0.2) is 0 Å². The quantitative estimate of drug-likeness (QED) is 0.287. The number of anilines is 4. The molecule has 0 spiro atoms. The maximum absolute atomic E-state index is 10.6. The van der Waals surface area contributed by atoms with E-state index in [1.165, 1.54) is 95.1 Å². The van der Waals surface area contributed by atoms with Gasteiger partial charge in [-0.15, -0.1) is 6.42 Å². The molecule has 0 aromatic carbocycles. The van der Waals surface area contributed by atoms with E-state index in [-0.39, 0.29) is 30.7 Å². The Bertz CT molecular complexity index is 5450. The summed E-state index contributed by atoms with van der Waals surface area (Å²) in [6.45, 7) is 19.1. The number of alkyl halides is 3. The topological polar surface area (TPSA) is 241 Å². The Morgan fingerprint density at radius 2 is 0.520 bits per heavy atom. The monoisotopic (exact) mass is 2400 g/mol. The van der Waals surface area contributed by atoms with Gasteiger partial charge in [0, 0.05) is 415 Å². The van der Waals surface area contributed by atoms with Gasteiger partial charge in [0.25, 0.3) is 0 Å². The Morgan fingerprint density at radius 1 is 0.336 bits per heavy atom. The van der Waals surface area contributed by atoms with Crippen LogP contribution in [0, 0.1) is 12.3 Å². The molecule has 125 heavy (non-hydrogen) atoms. The zero-order valence-corrected chi connectivity index (χ0v) is 92.8. The number of ether oxygens (including phenoxy) is 5. The molecule has 3 aromatic heterocycles. The lowest BCUT2D eigenvalue weighted by Gasteiger charge is -2.48. The molecular weight excluding hydrogens is 2320 g/mol. The van der Waals surface area contributed by atoms with Gasteiger partial charge < -0.3 is 53.7 Å². The van der Waals surface area contributed by atoms with Crippen LogP contribution in [-0.4, -0.2) is 309 Å². The van der Waals surface area contributed by atoms with Crippen molar-refractivity contribution >= 4 is 365 Å². The van der Waals surface area contributed by atoms with Crippen molar-refractivity contribution in [3.8, 4) is 12.3 Å². The van der Waals surface area contributed by atoms with Crippen molar-refractivity contribution in [1.29, 1.82) is 0 Å². The summed E-state index contributed by atoms with van der Waals surface area (Å²) in [7, 11) is 52.8. The fourth-order valence-electron chi connectivity index (χ4n) is 17.1. The summed E-state index contributed by atoms with van der Waals surface area (Å²) in [6, 6.07) is 9.27. The predicted octanol–water partition coefficient (Wildman–Crippen LogP) is 4.07. The number of halogens is 7. The van der Waals surface area contributed by atoms with Crippen molar-refractivity contribution in [2.45, 2.75) is 176 Å². The third-order valence-electron chi connectivity index (χ3n) is 21.9. The van der Waals surface area contributed by atoms with Gasteiger partial charge >= 0.3 is 12.1 Å². The number of carboxylic acid groups (broad SMARTS) is 1. The Labute approximate surface area is 840 Å². The number of piperazine rings is 5. The van der Waals surface area contributed by atoms with Crippen LogP contribution in [0.4, 0.5) is 37.0 Å². The molecule has 2 N–H and O–H groups in total. The first-order valence-corrected chi connectivity index (χ1v) is 80.2. The van der Waals surface area contributed by atoms with E-state index in [1.807, 2.05) is 142 Å². The minimum absolute atomic E-state index is 0. The molecule has 15 fully saturated rings. The first-order chi connectivity index (χ1) is 60.0. The van der Waals surface area contributed by atoms with Crippen LogP contribution in [0.25, 0.3) is 0 Å². The highest BCUT2D eigenvalue weighted by atomic mass is 35.5. The second-order valence-electron chi connectivity index (χ2n) is 28.5. The molecule has 10 bridgehead atoms. The van der Waals surface area contributed by atoms with E-state index in [4.69, 9.17) is 119 Å². The first-order valence-electron chi connectivity index (χ1n) is 37.4. The molecule has 15 aliphatic heterocycles. The van der Waals surface area contributed by atoms with Gasteiger partial charge in [0.1, 0.15) is 0 Å². The molecule has 15 saturated heterocycles. The molecule has 10 unspecified atom stereocenters. The Hall–Kier alpha value is 2.81.